The van der Waals surface area contributed by atoms with Gasteiger partial charge < -0.3 is 10.6 Å². The van der Waals surface area contributed by atoms with Crippen molar-refractivity contribution in [2.75, 3.05) is 10.6 Å². The number of hydrogen-bond acceptors (Lipinski definition) is 4. The van der Waals surface area contributed by atoms with Crippen molar-refractivity contribution in [3.63, 3.8) is 0 Å². The second kappa shape index (κ2) is 6.75. The van der Waals surface area contributed by atoms with Crippen LogP contribution in [0, 0.1) is 12.7 Å². The largest absolute Gasteiger partial charge is 0.340 e. The maximum atomic E-state index is 13.2. The van der Waals surface area contributed by atoms with Gasteiger partial charge in [-0.25, -0.2) is 9.37 Å². The van der Waals surface area contributed by atoms with Crippen LogP contribution in [0.25, 0.3) is 0 Å². The Balaban J connectivity index is 1.78. The van der Waals surface area contributed by atoms with Gasteiger partial charge in [0.2, 0.25) is 5.95 Å². The zero-order valence-electron chi connectivity index (χ0n) is 12.3. The van der Waals surface area contributed by atoms with Crippen LogP contribution in [-0.4, -0.2) is 9.97 Å². The number of nitrogens with one attached hydrogen (secondary N) is 2. The highest BCUT2D eigenvalue weighted by atomic mass is 79.9. The van der Waals surface area contributed by atoms with Crippen molar-refractivity contribution in [1.29, 1.82) is 0 Å². The Kier molecular flexibility index (Phi) is 4.52. The van der Waals surface area contributed by atoms with Gasteiger partial charge in [-0.2, -0.15) is 4.98 Å². The van der Waals surface area contributed by atoms with E-state index in [1.54, 1.807) is 24.4 Å². The lowest BCUT2D eigenvalue weighted by molar-refractivity contribution is 0.628. The first kappa shape index (κ1) is 15.4. The van der Waals surface area contributed by atoms with Crippen molar-refractivity contribution in [2.24, 2.45) is 0 Å². The summed E-state index contributed by atoms with van der Waals surface area (Å²) in [7, 11) is 0. The monoisotopic (exact) mass is 372 g/mol. The van der Waals surface area contributed by atoms with E-state index in [9.17, 15) is 4.39 Å². The number of benzene rings is 2. The molecule has 0 aliphatic carbocycles. The van der Waals surface area contributed by atoms with Crippen LogP contribution in [0.3, 0.4) is 0 Å². The van der Waals surface area contributed by atoms with Crippen molar-refractivity contribution >= 4 is 39.1 Å². The molecule has 0 bridgehead atoms. The van der Waals surface area contributed by atoms with Crippen LogP contribution in [0.5, 0.6) is 0 Å². The van der Waals surface area contributed by atoms with Gasteiger partial charge in [0.25, 0.3) is 0 Å². The molecule has 2 N–H and O–H groups in total. The predicted octanol–water partition coefficient (Wildman–Crippen LogP) is 5.17. The Morgan fingerprint density at radius 2 is 1.83 bits per heavy atom. The summed E-state index contributed by atoms with van der Waals surface area (Å²) in [6.07, 6.45) is 1.64. The summed E-state index contributed by atoms with van der Waals surface area (Å²) >= 11 is 3.47. The fraction of sp³-hybridized carbons (Fsp3) is 0.0588. The average molecular weight is 373 g/mol. The molecule has 0 aliphatic heterocycles. The molecule has 116 valence electrons. The number of rotatable bonds is 4. The highest BCUT2D eigenvalue weighted by molar-refractivity contribution is 9.10. The lowest BCUT2D eigenvalue weighted by atomic mass is 10.2. The lowest BCUT2D eigenvalue weighted by Gasteiger charge is -2.09. The molecular formula is C17H14BrFN4. The molecule has 2 aromatic carbocycles. The predicted molar refractivity (Wildman–Crippen MR) is 93.9 cm³/mol. The van der Waals surface area contributed by atoms with Gasteiger partial charge in [0, 0.05) is 22.0 Å². The second-order valence-corrected chi connectivity index (χ2v) is 5.84. The molecule has 0 aliphatic rings. The van der Waals surface area contributed by atoms with Crippen molar-refractivity contribution in [2.45, 2.75) is 6.92 Å². The quantitative estimate of drug-likeness (QED) is 0.662. The first-order chi connectivity index (χ1) is 11.1. The van der Waals surface area contributed by atoms with Gasteiger partial charge in [0.1, 0.15) is 11.6 Å². The summed E-state index contributed by atoms with van der Waals surface area (Å²) in [6, 6.07) is 13.9. The van der Waals surface area contributed by atoms with Crippen LogP contribution >= 0.6 is 15.9 Å². The van der Waals surface area contributed by atoms with E-state index < -0.39 is 0 Å². The van der Waals surface area contributed by atoms with Crippen molar-refractivity contribution in [1.82, 2.24) is 9.97 Å². The fourth-order valence-corrected chi connectivity index (χ4v) is 2.30. The van der Waals surface area contributed by atoms with E-state index in [0.717, 1.165) is 15.7 Å². The van der Waals surface area contributed by atoms with E-state index in [0.29, 0.717) is 17.5 Å². The van der Waals surface area contributed by atoms with Crippen LogP contribution in [0.15, 0.2) is 59.2 Å². The molecular weight excluding hydrogens is 359 g/mol. The molecule has 23 heavy (non-hydrogen) atoms. The molecule has 1 heterocycles. The standard InChI is InChI=1S/C17H14BrFN4/c1-11-9-14(5-6-15(11)18)22-17-20-8-7-16(23-17)21-13-4-2-3-12(19)10-13/h2-10H,1H3,(H2,20,21,22,23). The Hall–Kier alpha value is -2.47. The van der Waals surface area contributed by atoms with Gasteiger partial charge in [0.05, 0.1) is 0 Å². The van der Waals surface area contributed by atoms with E-state index >= 15 is 0 Å². The number of aromatic nitrogens is 2. The van der Waals surface area contributed by atoms with Gasteiger partial charge in [-0.3, -0.25) is 0 Å². The highest BCUT2D eigenvalue weighted by Crippen LogP contribution is 2.22. The molecule has 0 amide bonds. The Bertz CT molecular complexity index is 838. The van der Waals surface area contributed by atoms with Crippen molar-refractivity contribution in [3.8, 4) is 0 Å². The average Bonchev–Trinajstić information content (AvgIpc) is 2.51. The number of nitrogens with zero attached hydrogens (tertiary/aromatic N) is 2. The molecule has 3 rings (SSSR count). The minimum Gasteiger partial charge on any atom is -0.340 e. The first-order valence-electron chi connectivity index (χ1n) is 6.99. The minimum absolute atomic E-state index is 0.298. The van der Waals surface area contributed by atoms with Crippen LogP contribution in [-0.2, 0) is 0 Å². The summed E-state index contributed by atoms with van der Waals surface area (Å²) < 4.78 is 14.3. The SMILES string of the molecule is Cc1cc(Nc2nccc(Nc3cccc(F)c3)n2)ccc1Br. The van der Waals surface area contributed by atoms with E-state index in [1.165, 1.54) is 12.1 Å². The van der Waals surface area contributed by atoms with Crippen LogP contribution < -0.4 is 10.6 Å². The Morgan fingerprint density at radius 1 is 1.00 bits per heavy atom. The normalized spacial score (nSPS) is 10.4. The van der Waals surface area contributed by atoms with E-state index in [1.807, 2.05) is 25.1 Å². The van der Waals surface area contributed by atoms with Gasteiger partial charge in [-0.05, 0) is 55.0 Å². The summed E-state index contributed by atoms with van der Waals surface area (Å²) in [5.41, 5.74) is 2.65. The molecule has 4 nitrogen and oxygen atoms in total. The van der Waals surface area contributed by atoms with Gasteiger partial charge in [-0.15, -0.1) is 0 Å². The highest BCUT2D eigenvalue weighted by Gasteiger charge is 2.03. The Labute approximate surface area is 141 Å². The molecule has 0 fully saturated rings. The number of halogens is 2. The topological polar surface area (TPSA) is 49.8 Å². The van der Waals surface area contributed by atoms with Gasteiger partial charge >= 0.3 is 0 Å². The van der Waals surface area contributed by atoms with Crippen molar-refractivity contribution < 1.29 is 4.39 Å². The Morgan fingerprint density at radius 3 is 2.61 bits per heavy atom. The molecule has 6 heteroatoms. The molecule has 0 radical (unpaired) electrons. The smallest absolute Gasteiger partial charge is 0.229 e. The number of hydrogen-bond donors (Lipinski definition) is 2. The zero-order chi connectivity index (χ0) is 16.2. The van der Waals surface area contributed by atoms with Crippen LogP contribution in [0.4, 0.5) is 27.5 Å². The lowest BCUT2D eigenvalue weighted by Crippen LogP contribution is -2.00. The molecule has 3 aromatic rings. The van der Waals surface area contributed by atoms with E-state index in [4.69, 9.17) is 0 Å². The summed E-state index contributed by atoms with van der Waals surface area (Å²) in [6.45, 7) is 2.01. The first-order valence-corrected chi connectivity index (χ1v) is 7.78. The zero-order valence-corrected chi connectivity index (χ0v) is 13.9. The van der Waals surface area contributed by atoms with Crippen LogP contribution in [0.2, 0.25) is 0 Å². The summed E-state index contributed by atoms with van der Waals surface area (Å²) in [5, 5.41) is 6.21. The second-order valence-electron chi connectivity index (χ2n) is 4.99. The summed E-state index contributed by atoms with van der Waals surface area (Å²) in [4.78, 5) is 8.58. The fourth-order valence-electron chi connectivity index (χ4n) is 2.05. The molecule has 0 spiro atoms. The van der Waals surface area contributed by atoms with Gasteiger partial charge in [0.15, 0.2) is 0 Å². The molecule has 0 saturated heterocycles. The van der Waals surface area contributed by atoms with E-state index in [-0.39, 0.29) is 5.82 Å². The van der Waals surface area contributed by atoms with E-state index in [2.05, 4.69) is 36.5 Å². The summed E-state index contributed by atoms with van der Waals surface area (Å²) in [5.74, 6) is 0.753. The van der Waals surface area contributed by atoms with Gasteiger partial charge in [-0.1, -0.05) is 22.0 Å². The third kappa shape index (κ3) is 4.04. The molecule has 1 aromatic heterocycles. The maximum absolute atomic E-state index is 13.2. The third-order valence-corrected chi connectivity index (χ3v) is 4.06. The molecule has 0 unspecified atom stereocenters. The minimum atomic E-state index is -0.298. The molecule has 0 atom stereocenters. The van der Waals surface area contributed by atoms with Crippen molar-refractivity contribution in [3.05, 3.63) is 70.6 Å². The van der Waals surface area contributed by atoms with Crippen LogP contribution in [0.1, 0.15) is 5.56 Å². The number of anilines is 4. The number of aryl methyl sites for hydroxylation is 1. The molecule has 0 saturated carbocycles. The third-order valence-electron chi connectivity index (χ3n) is 3.17. The maximum Gasteiger partial charge on any atom is 0.229 e.